The first-order valence-corrected chi connectivity index (χ1v) is 14.3. The molecule has 0 aliphatic carbocycles. The zero-order valence-electron chi connectivity index (χ0n) is 25.0. The maximum atomic E-state index is 11.2. The molecule has 4 aromatic carbocycles. The van der Waals surface area contributed by atoms with Crippen LogP contribution in [0.4, 0.5) is 0 Å². The smallest absolute Gasteiger partial charge is 0.279 e. The summed E-state index contributed by atoms with van der Waals surface area (Å²) < 4.78 is 42.3. The molecule has 11 heteroatoms. The summed E-state index contributed by atoms with van der Waals surface area (Å²) in [5, 5.41) is 42.3. The van der Waals surface area contributed by atoms with Crippen molar-refractivity contribution in [2.24, 2.45) is 0 Å². The summed E-state index contributed by atoms with van der Waals surface area (Å²) in [7, 11) is 6.16. The topological polar surface area (TPSA) is 146 Å². The van der Waals surface area contributed by atoms with Gasteiger partial charge in [0.25, 0.3) is 5.79 Å². The van der Waals surface area contributed by atoms with E-state index in [0.717, 1.165) is 5.56 Å². The van der Waals surface area contributed by atoms with E-state index in [4.69, 9.17) is 33.2 Å². The minimum absolute atomic E-state index is 0.0808. The minimum Gasteiger partial charge on any atom is -0.507 e. The first-order chi connectivity index (χ1) is 21.7. The SMILES string of the molecule is COc1ccc2c(c1)O[C@]1(c3cc(OC)c(OC)c(OC)c3)C[C@H]2c2c(cc(O)c3c2O[C@@H](c2ccc(O)c(O)c2)[C@H](O)C3)O1. The van der Waals surface area contributed by atoms with Crippen LogP contribution in [0, 0.1) is 0 Å². The molecule has 0 spiro atoms. The van der Waals surface area contributed by atoms with E-state index in [2.05, 4.69) is 0 Å². The minimum atomic E-state index is -1.39. The van der Waals surface area contributed by atoms with Crippen LogP contribution < -0.4 is 33.2 Å². The number of aliphatic hydroxyl groups is 1. The third-order valence-corrected chi connectivity index (χ3v) is 8.77. The molecule has 4 atom stereocenters. The Morgan fingerprint density at radius 1 is 0.756 bits per heavy atom. The second-order valence-corrected chi connectivity index (χ2v) is 11.2. The molecule has 7 rings (SSSR count). The van der Waals surface area contributed by atoms with Crippen molar-refractivity contribution < 1.29 is 53.6 Å². The van der Waals surface area contributed by atoms with Crippen LogP contribution in [0.2, 0.25) is 0 Å². The van der Waals surface area contributed by atoms with E-state index in [9.17, 15) is 20.4 Å². The van der Waals surface area contributed by atoms with Gasteiger partial charge in [-0.15, -0.1) is 0 Å². The summed E-state index contributed by atoms with van der Waals surface area (Å²) >= 11 is 0. The maximum absolute atomic E-state index is 11.2. The van der Waals surface area contributed by atoms with Crippen molar-refractivity contribution in [3.8, 4) is 57.5 Å². The Balaban J connectivity index is 1.43. The zero-order valence-corrected chi connectivity index (χ0v) is 25.0. The van der Waals surface area contributed by atoms with E-state index >= 15 is 0 Å². The molecule has 0 saturated carbocycles. The van der Waals surface area contributed by atoms with Crippen molar-refractivity contribution >= 4 is 0 Å². The number of rotatable bonds is 6. The van der Waals surface area contributed by atoms with Crippen molar-refractivity contribution in [2.45, 2.75) is 36.8 Å². The molecule has 0 fully saturated rings. The number of hydrogen-bond donors (Lipinski definition) is 4. The highest BCUT2D eigenvalue weighted by Gasteiger charge is 2.53. The van der Waals surface area contributed by atoms with Gasteiger partial charge < -0.3 is 53.6 Å². The van der Waals surface area contributed by atoms with Crippen LogP contribution in [0.3, 0.4) is 0 Å². The van der Waals surface area contributed by atoms with Crippen LogP contribution in [0.15, 0.2) is 54.6 Å². The molecule has 234 valence electrons. The van der Waals surface area contributed by atoms with Crippen molar-refractivity contribution in [1.82, 2.24) is 0 Å². The van der Waals surface area contributed by atoms with Gasteiger partial charge in [0, 0.05) is 53.1 Å². The Labute approximate surface area is 258 Å². The van der Waals surface area contributed by atoms with Gasteiger partial charge in [-0.05, 0) is 35.9 Å². The Morgan fingerprint density at radius 3 is 2.16 bits per heavy atom. The summed E-state index contributed by atoms with van der Waals surface area (Å²) in [6, 6.07) is 14.9. The highest BCUT2D eigenvalue weighted by atomic mass is 16.7. The predicted molar refractivity (Wildman–Crippen MR) is 159 cm³/mol. The zero-order chi connectivity index (χ0) is 31.6. The summed E-state index contributed by atoms with van der Waals surface area (Å²) in [6.45, 7) is 0. The lowest BCUT2D eigenvalue weighted by atomic mass is 9.76. The summed E-state index contributed by atoms with van der Waals surface area (Å²) in [5.41, 5.74) is 3.02. The highest BCUT2D eigenvalue weighted by molar-refractivity contribution is 5.66. The van der Waals surface area contributed by atoms with Crippen molar-refractivity contribution in [1.29, 1.82) is 0 Å². The van der Waals surface area contributed by atoms with Crippen LogP contribution in [0.5, 0.6) is 57.5 Å². The molecule has 0 saturated heterocycles. The van der Waals surface area contributed by atoms with Gasteiger partial charge in [-0.2, -0.15) is 0 Å². The predicted octanol–water partition coefficient (Wildman–Crippen LogP) is 5.03. The number of aliphatic hydroxyl groups excluding tert-OH is 1. The van der Waals surface area contributed by atoms with Crippen LogP contribution in [0.1, 0.15) is 46.3 Å². The molecule has 0 unspecified atom stereocenters. The third-order valence-electron chi connectivity index (χ3n) is 8.77. The summed E-state index contributed by atoms with van der Waals surface area (Å²) in [6.07, 6.45) is -1.55. The molecule has 11 nitrogen and oxygen atoms in total. The van der Waals surface area contributed by atoms with Gasteiger partial charge in [-0.3, -0.25) is 0 Å². The van der Waals surface area contributed by atoms with E-state index in [1.165, 1.54) is 39.5 Å². The van der Waals surface area contributed by atoms with Crippen molar-refractivity contribution in [3.05, 3.63) is 82.4 Å². The second kappa shape index (κ2) is 10.5. The number of hydrogen-bond acceptors (Lipinski definition) is 11. The number of phenolic OH excluding ortho intramolecular Hbond substituents is 3. The first-order valence-electron chi connectivity index (χ1n) is 14.3. The summed E-state index contributed by atoms with van der Waals surface area (Å²) in [5.74, 6) is 0.610. The van der Waals surface area contributed by atoms with Crippen LogP contribution in [-0.2, 0) is 12.2 Å². The standard InChI is InChI=1S/C34H32O11/c1-39-18-6-7-19-21-15-34(44-26(19)12-18,17-10-28(40-2)33(42-4)29(11-17)41-3)45-27-14-23(36)20-13-25(38)31(43-32(20)30(21)27)16-5-8-22(35)24(37)9-16/h5-12,14,21,25,31,35-38H,13,15H2,1-4H3/t21-,25-,31+,34-/m1/s1. The van der Waals surface area contributed by atoms with Crippen LogP contribution in [-0.4, -0.2) is 55.0 Å². The van der Waals surface area contributed by atoms with Crippen LogP contribution >= 0.6 is 0 Å². The van der Waals surface area contributed by atoms with E-state index in [0.29, 0.717) is 68.9 Å². The number of aromatic hydroxyl groups is 3. The summed E-state index contributed by atoms with van der Waals surface area (Å²) in [4.78, 5) is 0. The fourth-order valence-electron chi connectivity index (χ4n) is 6.61. The Hall–Kier alpha value is -5.16. The van der Waals surface area contributed by atoms with Gasteiger partial charge in [0.05, 0.1) is 34.5 Å². The van der Waals surface area contributed by atoms with Gasteiger partial charge in [0.1, 0.15) is 34.9 Å². The average Bonchev–Trinajstić information content (AvgIpc) is 3.04. The number of methoxy groups -OCH3 is 4. The van der Waals surface area contributed by atoms with Crippen LogP contribution in [0.25, 0.3) is 0 Å². The normalized spacial score (nSPS) is 22.4. The van der Waals surface area contributed by atoms with Gasteiger partial charge in [-0.1, -0.05) is 12.1 Å². The largest absolute Gasteiger partial charge is 0.507 e. The maximum Gasteiger partial charge on any atom is 0.279 e. The number of phenols is 3. The second-order valence-electron chi connectivity index (χ2n) is 11.2. The van der Waals surface area contributed by atoms with Crippen molar-refractivity contribution in [3.63, 3.8) is 0 Å². The quantitative estimate of drug-likeness (QED) is 0.216. The van der Waals surface area contributed by atoms with Gasteiger partial charge in [0.15, 0.2) is 23.0 Å². The number of fused-ring (bicyclic) bond motifs is 8. The Morgan fingerprint density at radius 2 is 1.49 bits per heavy atom. The molecule has 0 amide bonds. The lowest BCUT2D eigenvalue weighted by Crippen LogP contribution is -2.47. The number of benzene rings is 4. The van der Waals surface area contributed by atoms with E-state index in [1.807, 2.05) is 12.1 Å². The fraction of sp³-hybridized carbons (Fsp3) is 0.294. The van der Waals surface area contributed by atoms with Gasteiger partial charge in [-0.25, -0.2) is 0 Å². The molecule has 0 aromatic heterocycles. The molecular weight excluding hydrogens is 584 g/mol. The van der Waals surface area contributed by atoms with Gasteiger partial charge >= 0.3 is 0 Å². The molecule has 2 bridgehead atoms. The highest BCUT2D eigenvalue weighted by Crippen LogP contribution is 2.61. The average molecular weight is 617 g/mol. The monoisotopic (exact) mass is 616 g/mol. The van der Waals surface area contributed by atoms with E-state index in [-0.39, 0.29) is 29.6 Å². The molecule has 0 radical (unpaired) electrons. The molecule has 4 aromatic rings. The Kier molecular flexibility index (Phi) is 6.66. The molecule has 3 aliphatic heterocycles. The third kappa shape index (κ3) is 4.37. The first kappa shape index (κ1) is 28.6. The van der Waals surface area contributed by atoms with E-state index < -0.39 is 18.0 Å². The van der Waals surface area contributed by atoms with Gasteiger partial charge in [0.2, 0.25) is 5.75 Å². The molecule has 3 heterocycles. The fourth-order valence-corrected chi connectivity index (χ4v) is 6.61. The Bertz CT molecular complexity index is 1790. The lowest BCUT2D eigenvalue weighted by Gasteiger charge is -2.47. The molecule has 45 heavy (non-hydrogen) atoms. The molecular formula is C34H32O11. The molecule has 4 N–H and O–H groups in total. The van der Waals surface area contributed by atoms with E-state index in [1.54, 1.807) is 31.4 Å². The lowest BCUT2D eigenvalue weighted by molar-refractivity contribution is -0.149. The molecule has 3 aliphatic rings. The van der Waals surface area contributed by atoms with Crippen molar-refractivity contribution in [2.75, 3.05) is 28.4 Å². The number of ether oxygens (including phenoxy) is 7.